The summed E-state index contributed by atoms with van der Waals surface area (Å²) < 4.78 is 23.8. The lowest BCUT2D eigenvalue weighted by atomic mass is 9.89. The van der Waals surface area contributed by atoms with Gasteiger partial charge in [0.1, 0.15) is 24.7 Å². The van der Waals surface area contributed by atoms with Crippen molar-refractivity contribution in [2.75, 3.05) is 33.0 Å². The smallest absolute Gasteiger partial charge is 0.122 e. The third-order valence-electron chi connectivity index (χ3n) is 5.31. The van der Waals surface area contributed by atoms with Crippen molar-refractivity contribution < 1.29 is 18.9 Å². The Bertz CT molecular complexity index is 715. The first kappa shape index (κ1) is 21.4. The van der Waals surface area contributed by atoms with E-state index in [2.05, 4.69) is 37.8 Å². The van der Waals surface area contributed by atoms with Crippen LogP contribution in [0, 0.1) is 0 Å². The Morgan fingerprint density at radius 2 is 1.38 bits per heavy atom. The van der Waals surface area contributed by atoms with Gasteiger partial charge in [-0.3, -0.25) is 0 Å². The van der Waals surface area contributed by atoms with E-state index in [1.807, 2.05) is 30.3 Å². The molecule has 156 valence electrons. The first-order valence-corrected chi connectivity index (χ1v) is 10.4. The summed E-state index contributed by atoms with van der Waals surface area (Å²) in [6, 6.07) is 16.5. The molecule has 2 aromatic carbocycles. The number of benzene rings is 2. The average molecular weight is 397 g/mol. The Kier molecular flexibility index (Phi) is 8.14. The monoisotopic (exact) mass is 396 g/mol. The molecule has 0 aromatic heterocycles. The molecule has 4 heteroatoms. The summed E-state index contributed by atoms with van der Waals surface area (Å²) in [4.78, 5) is 0. The number of hydrogen-bond donors (Lipinski definition) is 0. The highest BCUT2D eigenvalue weighted by Crippen LogP contribution is 2.30. The second-order valence-electron chi connectivity index (χ2n) is 7.57. The van der Waals surface area contributed by atoms with Crippen molar-refractivity contribution in [1.82, 2.24) is 0 Å². The van der Waals surface area contributed by atoms with Crippen molar-refractivity contribution in [3.63, 3.8) is 0 Å². The molecule has 1 heterocycles. The molecule has 0 atom stereocenters. The lowest BCUT2D eigenvalue weighted by Gasteiger charge is -2.30. The van der Waals surface area contributed by atoms with Gasteiger partial charge in [-0.2, -0.15) is 0 Å². The molecule has 29 heavy (non-hydrogen) atoms. The maximum Gasteiger partial charge on any atom is 0.122 e. The topological polar surface area (TPSA) is 36.9 Å². The fourth-order valence-corrected chi connectivity index (χ4v) is 3.55. The summed E-state index contributed by atoms with van der Waals surface area (Å²) >= 11 is 0. The highest BCUT2D eigenvalue weighted by atomic mass is 16.5. The van der Waals surface area contributed by atoms with Crippen LogP contribution in [0.25, 0.3) is 0 Å². The Labute approximate surface area is 174 Å². The van der Waals surface area contributed by atoms with Gasteiger partial charge in [0.2, 0.25) is 0 Å². The maximum absolute atomic E-state index is 6.23. The lowest BCUT2D eigenvalue weighted by Crippen LogP contribution is -2.30. The largest absolute Gasteiger partial charge is 0.491 e. The Balaban J connectivity index is 1.80. The number of ether oxygens (including phenoxy) is 4. The van der Waals surface area contributed by atoms with E-state index >= 15 is 0 Å². The van der Waals surface area contributed by atoms with Crippen LogP contribution in [0.4, 0.5) is 0 Å². The van der Waals surface area contributed by atoms with Gasteiger partial charge in [-0.05, 0) is 55.9 Å². The van der Waals surface area contributed by atoms with Gasteiger partial charge < -0.3 is 18.9 Å². The Morgan fingerprint density at radius 3 is 1.90 bits per heavy atom. The van der Waals surface area contributed by atoms with Crippen LogP contribution in [0.3, 0.4) is 0 Å². The third-order valence-corrected chi connectivity index (χ3v) is 5.31. The summed E-state index contributed by atoms with van der Waals surface area (Å²) in [5, 5.41) is 0. The number of para-hydroxylation sites is 2. The highest BCUT2D eigenvalue weighted by molar-refractivity contribution is 5.34. The van der Waals surface area contributed by atoms with E-state index in [0.717, 1.165) is 37.2 Å². The molecular formula is C25H32O4. The molecule has 0 spiro atoms. The van der Waals surface area contributed by atoms with Crippen molar-refractivity contribution in [2.24, 2.45) is 0 Å². The molecule has 0 unspecified atom stereocenters. The average Bonchev–Trinajstić information content (AvgIpc) is 2.75. The SMILES string of the molecule is C=CCOC1(C)CCc2ccccc2OCCOCCOc2ccccc2CC1. The van der Waals surface area contributed by atoms with Crippen LogP contribution in [0.5, 0.6) is 11.5 Å². The van der Waals surface area contributed by atoms with Crippen LogP contribution in [-0.4, -0.2) is 38.6 Å². The van der Waals surface area contributed by atoms with Crippen molar-refractivity contribution in [3.05, 3.63) is 72.3 Å². The minimum atomic E-state index is -0.255. The number of fused-ring (bicyclic) bond motifs is 2. The standard InChI is InChI=1S/C25H32O4/c1-3-16-29-25(2)14-12-21-8-4-6-10-23(21)27-19-17-26-18-20-28-24-11-7-5-9-22(24)13-15-25/h3-11H,1,12-20H2,2H3. The second-order valence-corrected chi connectivity index (χ2v) is 7.57. The normalized spacial score (nSPS) is 17.8. The molecule has 2 aromatic rings. The van der Waals surface area contributed by atoms with E-state index in [1.165, 1.54) is 11.1 Å². The fourth-order valence-electron chi connectivity index (χ4n) is 3.55. The molecule has 0 amide bonds. The van der Waals surface area contributed by atoms with Gasteiger partial charge in [-0.1, -0.05) is 42.5 Å². The zero-order chi connectivity index (χ0) is 20.4. The van der Waals surface area contributed by atoms with Gasteiger partial charge in [-0.25, -0.2) is 0 Å². The Morgan fingerprint density at radius 1 is 0.862 bits per heavy atom. The molecule has 0 fully saturated rings. The second kappa shape index (κ2) is 11.0. The number of aryl methyl sites for hydroxylation is 2. The van der Waals surface area contributed by atoms with E-state index in [1.54, 1.807) is 0 Å². The number of hydrogen-bond acceptors (Lipinski definition) is 4. The first-order chi connectivity index (χ1) is 14.2. The van der Waals surface area contributed by atoms with E-state index in [-0.39, 0.29) is 5.60 Å². The molecule has 0 radical (unpaired) electrons. The van der Waals surface area contributed by atoms with E-state index < -0.39 is 0 Å². The van der Waals surface area contributed by atoms with Crippen LogP contribution in [0.1, 0.15) is 30.9 Å². The molecule has 4 nitrogen and oxygen atoms in total. The van der Waals surface area contributed by atoms with Crippen molar-refractivity contribution in [3.8, 4) is 11.5 Å². The molecule has 0 saturated carbocycles. The zero-order valence-corrected chi connectivity index (χ0v) is 17.4. The number of rotatable bonds is 3. The summed E-state index contributed by atoms with van der Waals surface area (Å²) in [5.41, 5.74) is 2.16. The molecule has 0 saturated heterocycles. The van der Waals surface area contributed by atoms with Crippen LogP contribution in [-0.2, 0) is 22.3 Å². The quantitative estimate of drug-likeness (QED) is 0.684. The van der Waals surface area contributed by atoms with Crippen LogP contribution >= 0.6 is 0 Å². The molecule has 0 bridgehead atoms. The maximum atomic E-state index is 6.23. The van der Waals surface area contributed by atoms with Gasteiger partial charge in [0.25, 0.3) is 0 Å². The van der Waals surface area contributed by atoms with E-state index in [4.69, 9.17) is 18.9 Å². The fraction of sp³-hybridized carbons (Fsp3) is 0.440. The van der Waals surface area contributed by atoms with Crippen molar-refractivity contribution in [1.29, 1.82) is 0 Å². The van der Waals surface area contributed by atoms with Gasteiger partial charge in [0, 0.05) is 0 Å². The predicted octanol–water partition coefficient (Wildman–Crippen LogP) is 5.00. The summed E-state index contributed by atoms with van der Waals surface area (Å²) in [7, 11) is 0. The van der Waals surface area contributed by atoms with Crippen molar-refractivity contribution >= 4 is 0 Å². The lowest BCUT2D eigenvalue weighted by molar-refractivity contribution is -0.0287. The van der Waals surface area contributed by atoms with Crippen LogP contribution < -0.4 is 9.47 Å². The first-order valence-electron chi connectivity index (χ1n) is 10.4. The summed E-state index contributed by atoms with van der Waals surface area (Å²) in [6.45, 7) is 8.69. The van der Waals surface area contributed by atoms with Gasteiger partial charge in [0.05, 0.1) is 25.4 Å². The zero-order valence-electron chi connectivity index (χ0n) is 17.4. The summed E-state index contributed by atoms with van der Waals surface area (Å²) in [6.07, 6.45) is 5.41. The summed E-state index contributed by atoms with van der Waals surface area (Å²) in [5.74, 6) is 1.85. The molecule has 0 N–H and O–H groups in total. The van der Waals surface area contributed by atoms with Gasteiger partial charge in [0.15, 0.2) is 0 Å². The third kappa shape index (κ3) is 6.62. The minimum absolute atomic E-state index is 0.255. The van der Waals surface area contributed by atoms with Gasteiger partial charge >= 0.3 is 0 Å². The molecule has 0 aliphatic carbocycles. The molecule has 1 aliphatic rings. The van der Waals surface area contributed by atoms with E-state index in [9.17, 15) is 0 Å². The highest BCUT2D eigenvalue weighted by Gasteiger charge is 2.25. The van der Waals surface area contributed by atoms with Crippen LogP contribution in [0.15, 0.2) is 61.2 Å². The van der Waals surface area contributed by atoms with Crippen LogP contribution in [0.2, 0.25) is 0 Å². The molecular weight excluding hydrogens is 364 g/mol. The predicted molar refractivity (Wildman–Crippen MR) is 116 cm³/mol. The minimum Gasteiger partial charge on any atom is -0.491 e. The van der Waals surface area contributed by atoms with Gasteiger partial charge in [-0.15, -0.1) is 6.58 Å². The van der Waals surface area contributed by atoms with Crippen molar-refractivity contribution in [2.45, 2.75) is 38.2 Å². The molecule has 1 aliphatic heterocycles. The van der Waals surface area contributed by atoms with E-state index in [0.29, 0.717) is 33.0 Å². The molecule has 3 rings (SSSR count). The Hall–Kier alpha value is -2.30.